The van der Waals surface area contributed by atoms with Gasteiger partial charge in [-0.05, 0) is 31.1 Å². The van der Waals surface area contributed by atoms with Crippen LogP contribution in [0.5, 0.6) is 0 Å². The van der Waals surface area contributed by atoms with E-state index in [0.29, 0.717) is 19.3 Å². The number of hydrogen-bond donors (Lipinski definition) is 0. The van der Waals surface area contributed by atoms with E-state index >= 15 is 0 Å². The van der Waals surface area contributed by atoms with E-state index in [0.717, 1.165) is 69.6 Å². The second-order valence-corrected chi connectivity index (χ2v) is 22.3. The molecule has 0 rings (SSSR count). The molecule has 0 saturated carbocycles. The number of hydrogen-bond acceptors (Lipinski definition) is 6. The maximum Gasteiger partial charge on any atom is 0.306 e. The van der Waals surface area contributed by atoms with Crippen LogP contribution in [0.25, 0.3) is 0 Å². The third-order valence-corrected chi connectivity index (χ3v) is 14.2. The lowest BCUT2D eigenvalue weighted by Crippen LogP contribution is -2.30. The fraction of sp³-hybridized carbons (Fsp3) is 0.952. The standard InChI is InChI=1S/C62H120O6/c1-6-7-8-9-10-11-12-13-14-15-16-17-18-21-27-32-37-42-47-52-60(63)66-55-59(56-67-61(64)53-48-43-38-33-28-24-23-26-31-36-41-46-51-58(4)5)68-62(65)54-49-44-39-34-29-22-19-20-25-30-35-40-45-50-57(2)3/h57-59H,6-56H2,1-5H3/t59-/m1/s1. The average molecular weight is 962 g/mol. The van der Waals surface area contributed by atoms with Crippen molar-refractivity contribution in [2.75, 3.05) is 13.2 Å². The first-order chi connectivity index (χ1) is 33.2. The minimum Gasteiger partial charge on any atom is -0.462 e. The summed E-state index contributed by atoms with van der Waals surface area (Å²) in [4.78, 5) is 38.2. The lowest BCUT2D eigenvalue weighted by atomic mass is 10.0. The summed E-state index contributed by atoms with van der Waals surface area (Å²) >= 11 is 0. The Labute approximate surface area is 425 Å². The first-order valence-electron chi connectivity index (χ1n) is 30.7. The van der Waals surface area contributed by atoms with Gasteiger partial charge in [0.05, 0.1) is 0 Å². The van der Waals surface area contributed by atoms with E-state index in [1.54, 1.807) is 0 Å². The molecule has 6 nitrogen and oxygen atoms in total. The third kappa shape index (κ3) is 55.3. The monoisotopic (exact) mass is 961 g/mol. The van der Waals surface area contributed by atoms with E-state index < -0.39 is 6.10 Å². The molecule has 0 radical (unpaired) electrons. The predicted octanol–water partition coefficient (Wildman–Crippen LogP) is 20.4. The summed E-state index contributed by atoms with van der Waals surface area (Å²) in [6.07, 6.45) is 59.6. The van der Waals surface area contributed by atoms with Crippen LogP contribution in [0.4, 0.5) is 0 Å². The van der Waals surface area contributed by atoms with Gasteiger partial charge < -0.3 is 14.2 Å². The molecule has 0 aromatic heterocycles. The molecule has 6 heteroatoms. The first-order valence-corrected chi connectivity index (χ1v) is 30.7. The van der Waals surface area contributed by atoms with Crippen LogP contribution in [0.3, 0.4) is 0 Å². The third-order valence-electron chi connectivity index (χ3n) is 14.2. The number of carbonyl (C=O) groups excluding carboxylic acids is 3. The molecule has 404 valence electrons. The van der Waals surface area contributed by atoms with E-state index in [9.17, 15) is 14.4 Å². The highest BCUT2D eigenvalue weighted by Crippen LogP contribution is 2.19. The molecular formula is C62H120O6. The zero-order valence-electron chi connectivity index (χ0n) is 46.7. The van der Waals surface area contributed by atoms with Gasteiger partial charge in [0.15, 0.2) is 6.10 Å². The number of esters is 3. The van der Waals surface area contributed by atoms with Crippen molar-refractivity contribution >= 4 is 17.9 Å². The van der Waals surface area contributed by atoms with Crippen LogP contribution in [0.2, 0.25) is 0 Å². The molecule has 0 saturated heterocycles. The zero-order valence-corrected chi connectivity index (χ0v) is 46.7. The van der Waals surface area contributed by atoms with E-state index in [2.05, 4.69) is 34.6 Å². The number of unbranched alkanes of at least 4 members (excludes halogenated alkanes) is 41. The van der Waals surface area contributed by atoms with Crippen LogP contribution in [0.1, 0.15) is 349 Å². The van der Waals surface area contributed by atoms with E-state index in [4.69, 9.17) is 14.2 Å². The minimum absolute atomic E-state index is 0.0623. The molecule has 0 spiro atoms. The van der Waals surface area contributed by atoms with Crippen LogP contribution in [0.15, 0.2) is 0 Å². The molecule has 0 fully saturated rings. The van der Waals surface area contributed by atoms with Gasteiger partial charge in [-0.3, -0.25) is 14.4 Å². The Kier molecular flexibility index (Phi) is 53.5. The van der Waals surface area contributed by atoms with E-state index in [1.807, 2.05) is 0 Å². The van der Waals surface area contributed by atoms with Gasteiger partial charge in [-0.15, -0.1) is 0 Å². The molecule has 0 aromatic rings. The molecule has 0 aromatic carbocycles. The molecule has 0 amide bonds. The van der Waals surface area contributed by atoms with Crippen LogP contribution in [-0.4, -0.2) is 37.2 Å². The Morgan fingerprint density at radius 1 is 0.279 bits per heavy atom. The second-order valence-electron chi connectivity index (χ2n) is 22.3. The highest BCUT2D eigenvalue weighted by Gasteiger charge is 2.19. The molecule has 0 N–H and O–H groups in total. The van der Waals surface area contributed by atoms with Crippen molar-refractivity contribution in [2.24, 2.45) is 11.8 Å². The van der Waals surface area contributed by atoms with E-state index in [1.165, 1.54) is 238 Å². The maximum absolute atomic E-state index is 12.9. The molecule has 0 aliphatic rings. The van der Waals surface area contributed by atoms with Crippen molar-refractivity contribution in [1.29, 1.82) is 0 Å². The topological polar surface area (TPSA) is 78.9 Å². The summed E-state index contributed by atoms with van der Waals surface area (Å²) in [5.41, 5.74) is 0. The van der Waals surface area contributed by atoms with Gasteiger partial charge in [0, 0.05) is 19.3 Å². The average Bonchev–Trinajstić information content (AvgIpc) is 3.31. The summed E-state index contributed by atoms with van der Waals surface area (Å²) in [6.45, 7) is 11.4. The molecule has 0 bridgehead atoms. The predicted molar refractivity (Wildman–Crippen MR) is 293 cm³/mol. The smallest absolute Gasteiger partial charge is 0.306 e. The van der Waals surface area contributed by atoms with Crippen molar-refractivity contribution in [2.45, 2.75) is 355 Å². The zero-order chi connectivity index (χ0) is 49.6. The minimum atomic E-state index is -0.763. The molecule has 68 heavy (non-hydrogen) atoms. The normalized spacial score (nSPS) is 12.0. The largest absolute Gasteiger partial charge is 0.462 e. The van der Waals surface area contributed by atoms with Gasteiger partial charge >= 0.3 is 17.9 Å². The van der Waals surface area contributed by atoms with Gasteiger partial charge in [0.25, 0.3) is 0 Å². The lowest BCUT2D eigenvalue weighted by molar-refractivity contribution is -0.167. The molecule has 0 unspecified atom stereocenters. The highest BCUT2D eigenvalue weighted by molar-refractivity contribution is 5.71. The van der Waals surface area contributed by atoms with Gasteiger partial charge in [-0.25, -0.2) is 0 Å². The van der Waals surface area contributed by atoms with Crippen LogP contribution < -0.4 is 0 Å². The molecular weight excluding hydrogens is 841 g/mol. The molecule has 0 aliphatic carbocycles. The summed E-state index contributed by atoms with van der Waals surface area (Å²) in [5.74, 6) is 0.837. The lowest BCUT2D eigenvalue weighted by Gasteiger charge is -2.18. The number of rotatable bonds is 56. The molecule has 0 aliphatic heterocycles. The van der Waals surface area contributed by atoms with Crippen LogP contribution >= 0.6 is 0 Å². The van der Waals surface area contributed by atoms with Crippen molar-refractivity contribution in [3.63, 3.8) is 0 Å². The quantitative estimate of drug-likeness (QED) is 0.0343. The molecule has 1 atom stereocenters. The Morgan fingerprint density at radius 3 is 0.721 bits per heavy atom. The van der Waals surface area contributed by atoms with Gasteiger partial charge in [0.2, 0.25) is 0 Å². The van der Waals surface area contributed by atoms with Crippen molar-refractivity contribution < 1.29 is 28.6 Å². The summed E-state index contributed by atoms with van der Waals surface area (Å²) in [5, 5.41) is 0. The van der Waals surface area contributed by atoms with Gasteiger partial charge in [-0.1, -0.05) is 311 Å². The van der Waals surface area contributed by atoms with Crippen molar-refractivity contribution in [3.8, 4) is 0 Å². The Balaban J connectivity index is 4.28. The fourth-order valence-electron chi connectivity index (χ4n) is 9.58. The first kappa shape index (κ1) is 66.4. The maximum atomic E-state index is 12.9. The molecule has 0 heterocycles. The summed E-state index contributed by atoms with van der Waals surface area (Å²) < 4.78 is 16.9. The van der Waals surface area contributed by atoms with Crippen LogP contribution in [0, 0.1) is 11.8 Å². The van der Waals surface area contributed by atoms with Crippen LogP contribution in [-0.2, 0) is 28.6 Å². The second kappa shape index (κ2) is 54.7. The van der Waals surface area contributed by atoms with Crippen molar-refractivity contribution in [1.82, 2.24) is 0 Å². The number of carbonyl (C=O) groups is 3. The number of ether oxygens (including phenoxy) is 3. The fourth-order valence-corrected chi connectivity index (χ4v) is 9.58. The van der Waals surface area contributed by atoms with Crippen molar-refractivity contribution in [3.05, 3.63) is 0 Å². The summed E-state index contributed by atoms with van der Waals surface area (Å²) in [7, 11) is 0. The highest BCUT2D eigenvalue weighted by atomic mass is 16.6. The SMILES string of the molecule is CCCCCCCCCCCCCCCCCCCCCC(=O)OC[C@H](COC(=O)CCCCCCCCCCCCCCC(C)C)OC(=O)CCCCCCCCCCCCCCCC(C)C. The Morgan fingerprint density at radius 2 is 0.485 bits per heavy atom. The Bertz CT molecular complexity index is 1040. The Hall–Kier alpha value is -1.59. The van der Waals surface area contributed by atoms with Gasteiger partial charge in [-0.2, -0.15) is 0 Å². The summed E-state index contributed by atoms with van der Waals surface area (Å²) in [6, 6.07) is 0. The van der Waals surface area contributed by atoms with Gasteiger partial charge in [0.1, 0.15) is 13.2 Å². The van der Waals surface area contributed by atoms with E-state index in [-0.39, 0.29) is 31.1 Å².